The number of carbonyl (C=O) groups is 1. The molecule has 0 atom stereocenters. The first-order valence-corrected chi connectivity index (χ1v) is 7.88. The molecule has 1 amide bonds. The molecule has 0 fully saturated rings. The zero-order valence-electron chi connectivity index (χ0n) is 12.1. The maximum Gasteiger partial charge on any atom is 0.237 e. The van der Waals surface area contributed by atoms with Crippen LogP contribution in [0.4, 0.5) is 5.69 Å². The second-order valence-corrected chi connectivity index (χ2v) is 5.74. The first-order chi connectivity index (χ1) is 10.8. The lowest BCUT2D eigenvalue weighted by molar-refractivity contribution is -0.115. The Kier molecular flexibility index (Phi) is 4.34. The molecular formula is C17H15N3OS. The number of thioether (sulfide) groups is 1. The largest absolute Gasteiger partial charge is 0.315 e. The third-order valence-corrected chi connectivity index (χ3v) is 4.35. The third-order valence-electron chi connectivity index (χ3n) is 3.36. The average Bonchev–Trinajstić information content (AvgIpc) is 2.59. The van der Waals surface area contributed by atoms with Gasteiger partial charge in [0.25, 0.3) is 0 Å². The van der Waals surface area contributed by atoms with Crippen LogP contribution in [0, 0.1) is 0 Å². The summed E-state index contributed by atoms with van der Waals surface area (Å²) in [6.45, 7) is 0. The molecule has 110 valence electrons. The maximum absolute atomic E-state index is 12.3. The monoisotopic (exact) mass is 309 g/mol. The summed E-state index contributed by atoms with van der Waals surface area (Å²) in [4.78, 5) is 22.5. The minimum Gasteiger partial charge on any atom is -0.315 e. The van der Waals surface area contributed by atoms with Gasteiger partial charge in [0.2, 0.25) is 5.91 Å². The number of rotatable bonds is 4. The quantitative estimate of drug-likeness (QED) is 0.547. The summed E-state index contributed by atoms with van der Waals surface area (Å²) < 4.78 is 0. The number of nitrogens with zero attached hydrogens (tertiary/aromatic N) is 3. The van der Waals surface area contributed by atoms with Gasteiger partial charge in [0.15, 0.2) is 0 Å². The molecule has 0 aliphatic rings. The number of aromatic nitrogens is 2. The highest BCUT2D eigenvalue weighted by Gasteiger charge is 2.12. The lowest BCUT2D eigenvalue weighted by atomic mass is 10.2. The molecular weight excluding hydrogens is 294 g/mol. The van der Waals surface area contributed by atoms with Crippen molar-refractivity contribution >= 4 is 34.3 Å². The summed E-state index contributed by atoms with van der Waals surface area (Å²) >= 11 is 1.44. The van der Waals surface area contributed by atoms with E-state index in [4.69, 9.17) is 0 Å². The van der Waals surface area contributed by atoms with Crippen molar-refractivity contribution < 1.29 is 4.79 Å². The van der Waals surface area contributed by atoms with Crippen molar-refractivity contribution in [1.82, 2.24) is 9.97 Å². The van der Waals surface area contributed by atoms with E-state index in [9.17, 15) is 4.79 Å². The highest BCUT2D eigenvalue weighted by Crippen LogP contribution is 2.24. The third kappa shape index (κ3) is 3.09. The molecule has 3 rings (SSSR count). The van der Waals surface area contributed by atoms with Crippen LogP contribution in [-0.2, 0) is 4.79 Å². The number of amides is 1. The summed E-state index contributed by atoms with van der Waals surface area (Å²) in [5.74, 6) is 0.380. The fourth-order valence-electron chi connectivity index (χ4n) is 2.12. The lowest BCUT2D eigenvalue weighted by Crippen LogP contribution is -2.27. The molecule has 4 nitrogen and oxygen atoms in total. The van der Waals surface area contributed by atoms with Gasteiger partial charge in [0.05, 0.1) is 11.3 Å². The van der Waals surface area contributed by atoms with Crippen molar-refractivity contribution in [3.05, 3.63) is 60.9 Å². The zero-order chi connectivity index (χ0) is 15.4. The summed E-state index contributed by atoms with van der Waals surface area (Å²) in [5, 5.41) is 1.81. The Morgan fingerprint density at radius 3 is 2.59 bits per heavy atom. The Labute approximate surface area is 133 Å². The van der Waals surface area contributed by atoms with E-state index in [1.165, 1.54) is 18.1 Å². The van der Waals surface area contributed by atoms with E-state index in [2.05, 4.69) is 9.97 Å². The molecule has 0 saturated carbocycles. The summed E-state index contributed by atoms with van der Waals surface area (Å²) in [7, 11) is 1.79. The van der Waals surface area contributed by atoms with Crippen molar-refractivity contribution in [2.24, 2.45) is 0 Å². The van der Waals surface area contributed by atoms with E-state index < -0.39 is 0 Å². The second-order valence-electron chi connectivity index (χ2n) is 4.77. The Morgan fingerprint density at radius 1 is 1.05 bits per heavy atom. The summed E-state index contributed by atoms with van der Waals surface area (Å²) in [6, 6.07) is 17.4. The van der Waals surface area contributed by atoms with Crippen LogP contribution in [0.15, 0.2) is 66.0 Å². The molecule has 2 aromatic carbocycles. The fourth-order valence-corrected chi connectivity index (χ4v) is 3.02. The van der Waals surface area contributed by atoms with Crippen LogP contribution in [0.25, 0.3) is 10.9 Å². The molecule has 0 unspecified atom stereocenters. The number of hydrogen-bond donors (Lipinski definition) is 0. The normalized spacial score (nSPS) is 10.6. The Balaban J connectivity index is 1.73. The predicted octanol–water partition coefficient (Wildman–Crippen LogP) is 3.38. The Hall–Kier alpha value is -2.40. The lowest BCUT2D eigenvalue weighted by Gasteiger charge is -2.16. The number of carbonyl (C=O) groups excluding carboxylic acids is 1. The molecule has 0 spiro atoms. The average molecular weight is 309 g/mol. The van der Waals surface area contributed by atoms with Crippen LogP contribution in [-0.4, -0.2) is 28.7 Å². The van der Waals surface area contributed by atoms with Crippen molar-refractivity contribution in [3.8, 4) is 0 Å². The smallest absolute Gasteiger partial charge is 0.237 e. The molecule has 0 radical (unpaired) electrons. The molecule has 0 N–H and O–H groups in total. The highest BCUT2D eigenvalue weighted by molar-refractivity contribution is 8.00. The summed E-state index contributed by atoms with van der Waals surface area (Å²) in [6.07, 6.45) is 1.54. The molecule has 5 heteroatoms. The molecule has 1 heterocycles. The number of benzene rings is 2. The topological polar surface area (TPSA) is 46.1 Å². The van der Waals surface area contributed by atoms with Gasteiger partial charge in [-0.05, 0) is 18.2 Å². The predicted molar refractivity (Wildman–Crippen MR) is 90.1 cm³/mol. The molecule has 0 saturated heterocycles. The molecule has 22 heavy (non-hydrogen) atoms. The van der Waals surface area contributed by atoms with Crippen LogP contribution in [0.5, 0.6) is 0 Å². The Morgan fingerprint density at radius 2 is 1.77 bits per heavy atom. The molecule has 0 bridgehead atoms. The first-order valence-electron chi connectivity index (χ1n) is 6.90. The van der Waals surface area contributed by atoms with E-state index in [1.807, 2.05) is 54.6 Å². The maximum atomic E-state index is 12.3. The van der Waals surface area contributed by atoms with E-state index in [1.54, 1.807) is 11.9 Å². The molecule has 3 aromatic rings. The Bertz CT molecular complexity index is 787. The van der Waals surface area contributed by atoms with Crippen molar-refractivity contribution in [2.45, 2.75) is 5.03 Å². The van der Waals surface area contributed by atoms with Crippen LogP contribution < -0.4 is 4.90 Å². The first kappa shape index (κ1) is 14.5. The number of anilines is 1. The van der Waals surface area contributed by atoms with Gasteiger partial charge in [0.1, 0.15) is 11.4 Å². The van der Waals surface area contributed by atoms with Crippen LogP contribution in [0.3, 0.4) is 0 Å². The minimum atomic E-state index is 0.0406. The number of hydrogen-bond acceptors (Lipinski definition) is 4. The van der Waals surface area contributed by atoms with Crippen LogP contribution in [0.1, 0.15) is 0 Å². The second kappa shape index (κ2) is 6.58. The molecule has 0 aliphatic carbocycles. The van der Waals surface area contributed by atoms with E-state index in [0.717, 1.165) is 21.6 Å². The summed E-state index contributed by atoms with van der Waals surface area (Å²) in [5.41, 5.74) is 1.78. The number of fused-ring (bicyclic) bond motifs is 1. The SMILES string of the molecule is CN(C(=O)CSc1ncnc2ccccc12)c1ccccc1. The van der Waals surface area contributed by atoms with Gasteiger partial charge >= 0.3 is 0 Å². The van der Waals surface area contributed by atoms with Gasteiger partial charge in [-0.2, -0.15) is 0 Å². The van der Waals surface area contributed by atoms with Gasteiger partial charge in [-0.3, -0.25) is 4.79 Å². The minimum absolute atomic E-state index is 0.0406. The fraction of sp³-hybridized carbons (Fsp3) is 0.118. The van der Waals surface area contributed by atoms with Gasteiger partial charge in [-0.25, -0.2) is 9.97 Å². The van der Waals surface area contributed by atoms with Crippen molar-refractivity contribution in [3.63, 3.8) is 0 Å². The van der Waals surface area contributed by atoms with Crippen LogP contribution >= 0.6 is 11.8 Å². The van der Waals surface area contributed by atoms with E-state index >= 15 is 0 Å². The zero-order valence-corrected chi connectivity index (χ0v) is 13.0. The molecule has 1 aromatic heterocycles. The van der Waals surface area contributed by atoms with Gasteiger partial charge in [0, 0.05) is 18.1 Å². The van der Waals surface area contributed by atoms with E-state index in [0.29, 0.717) is 5.75 Å². The van der Waals surface area contributed by atoms with Gasteiger partial charge in [-0.1, -0.05) is 48.2 Å². The number of para-hydroxylation sites is 2. The molecule has 0 aliphatic heterocycles. The van der Waals surface area contributed by atoms with Gasteiger partial charge in [-0.15, -0.1) is 0 Å². The van der Waals surface area contributed by atoms with Crippen molar-refractivity contribution in [1.29, 1.82) is 0 Å². The highest BCUT2D eigenvalue weighted by atomic mass is 32.2. The van der Waals surface area contributed by atoms with Crippen molar-refractivity contribution in [2.75, 3.05) is 17.7 Å². The standard InChI is InChI=1S/C17H15N3OS/c1-20(13-7-3-2-4-8-13)16(21)11-22-17-14-9-5-6-10-15(14)18-12-19-17/h2-10,12H,11H2,1H3. The van der Waals surface area contributed by atoms with Crippen LogP contribution in [0.2, 0.25) is 0 Å². The van der Waals surface area contributed by atoms with Gasteiger partial charge < -0.3 is 4.90 Å². The van der Waals surface area contributed by atoms with E-state index in [-0.39, 0.29) is 5.91 Å².